The van der Waals surface area contributed by atoms with E-state index in [0.717, 1.165) is 5.56 Å². The van der Waals surface area contributed by atoms with Crippen LogP contribution in [0.25, 0.3) is 0 Å². The number of aromatic hydroxyl groups is 1. The molecule has 0 saturated heterocycles. The van der Waals surface area contributed by atoms with Crippen molar-refractivity contribution in [2.75, 3.05) is 0 Å². The van der Waals surface area contributed by atoms with E-state index in [1.54, 1.807) is 6.07 Å². The van der Waals surface area contributed by atoms with Crippen molar-refractivity contribution in [2.24, 2.45) is 10.2 Å². The largest absolute Gasteiger partial charge is 0.493 e. The van der Waals surface area contributed by atoms with Gasteiger partial charge in [-0.2, -0.15) is 0 Å². The summed E-state index contributed by atoms with van der Waals surface area (Å²) in [4.78, 5) is 16.2. The van der Waals surface area contributed by atoms with Crippen molar-refractivity contribution >= 4 is 23.6 Å². The Morgan fingerprint density at radius 3 is 2.61 bits per heavy atom. The van der Waals surface area contributed by atoms with Gasteiger partial charge in [0.25, 0.3) is 5.56 Å². The molecule has 2 aromatic rings. The minimum absolute atomic E-state index is 0.0346. The fourth-order valence-electron chi connectivity index (χ4n) is 1.34. The van der Waals surface area contributed by atoms with Gasteiger partial charge in [-0.15, -0.1) is 10.2 Å². The number of rotatable bonds is 2. The summed E-state index contributed by atoms with van der Waals surface area (Å²) >= 11 is 4.70. The van der Waals surface area contributed by atoms with Crippen molar-refractivity contribution in [3.05, 3.63) is 45.0 Å². The van der Waals surface area contributed by atoms with E-state index in [-0.39, 0.29) is 10.5 Å². The lowest BCUT2D eigenvalue weighted by Gasteiger charge is -1.98. The van der Waals surface area contributed by atoms with Gasteiger partial charge >= 0.3 is 0 Å². The van der Waals surface area contributed by atoms with E-state index in [0.29, 0.717) is 5.69 Å². The molecular formula is C11H10N4O2S. The second kappa shape index (κ2) is 4.92. The molecule has 0 unspecified atom stereocenters. The van der Waals surface area contributed by atoms with Gasteiger partial charge in [-0.25, -0.2) is 0 Å². The van der Waals surface area contributed by atoms with Gasteiger partial charge in [-0.1, -0.05) is 18.2 Å². The number of aromatic amines is 2. The molecule has 1 aromatic carbocycles. The summed E-state index contributed by atoms with van der Waals surface area (Å²) in [5.74, 6) is -0.402. The molecule has 3 N–H and O–H groups in total. The summed E-state index contributed by atoms with van der Waals surface area (Å²) < 4.78 is 0.0346. The molecule has 92 valence electrons. The van der Waals surface area contributed by atoms with E-state index in [1.807, 2.05) is 25.1 Å². The Morgan fingerprint density at radius 2 is 1.94 bits per heavy atom. The molecule has 18 heavy (non-hydrogen) atoms. The lowest BCUT2D eigenvalue weighted by molar-refractivity contribution is 0.451. The summed E-state index contributed by atoms with van der Waals surface area (Å²) in [5, 5.41) is 17.2. The first-order valence-corrected chi connectivity index (χ1v) is 5.51. The van der Waals surface area contributed by atoms with Gasteiger partial charge in [0, 0.05) is 0 Å². The minimum atomic E-state index is -0.589. The standard InChI is InChI=1S/C11H10N4O2S/c1-6-4-2-3-5-7(6)14-15-8-9(16)12-11(18)13-10(8)17/h2-5H,1H3,(H3,12,13,16,17,18). The first-order valence-electron chi connectivity index (χ1n) is 5.11. The highest BCUT2D eigenvalue weighted by molar-refractivity contribution is 7.71. The number of nitrogens with one attached hydrogen (secondary N) is 2. The number of hydrogen-bond donors (Lipinski definition) is 3. The van der Waals surface area contributed by atoms with Crippen molar-refractivity contribution in [2.45, 2.75) is 6.92 Å². The zero-order valence-electron chi connectivity index (χ0n) is 9.47. The maximum Gasteiger partial charge on any atom is 0.283 e. The minimum Gasteiger partial charge on any atom is -0.493 e. The molecule has 0 spiro atoms. The second-order valence-electron chi connectivity index (χ2n) is 3.59. The van der Waals surface area contributed by atoms with Gasteiger partial charge in [0.2, 0.25) is 11.6 Å². The van der Waals surface area contributed by atoms with Crippen LogP contribution in [0.5, 0.6) is 5.88 Å². The molecule has 0 fully saturated rings. The van der Waals surface area contributed by atoms with Crippen LogP contribution in [0.15, 0.2) is 39.3 Å². The average Bonchev–Trinajstić information content (AvgIpc) is 2.30. The molecular weight excluding hydrogens is 252 g/mol. The van der Waals surface area contributed by atoms with Crippen molar-refractivity contribution in [1.29, 1.82) is 0 Å². The monoisotopic (exact) mass is 262 g/mol. The van der Waals surface area contributed by atoms with Gasteiger partial charge in [0.05, 0.1) is 5.69 Å². The highest BCUT2D eigenvalue weighted by atomic mass is 32.1. The third-order valence-electron chi connectivity index (χ3n) is 2.27. The molecule has 0 bridgehead atoms. The summed E-state index contributed by atoms with van der Waals surface area (Å²) in [6, 6.07) is 7.31. The van der Waals surface area contributed by atoms with E-state index in [9.17, 15) is 9.90 Å². The van der Waals surface area contributed by atoms with Gasteiger partial charge in [-0.3, -0.25) is 9.78 Å². The van der Waals surface area contributed by atoms with E-state index in [4.69, 9.17) is 12.2 Å². The van der Waals surface area contributed by atoms with Gasteiger partial charge in [0.15, 0.2) is 4.77 Å². The molecule has 0 amide bonds. The third kappa shape index (κ3) is 2.51. The molecule has 1 aromatic heterocycles. The molecule has 0 atom stereocenters. The average molecular weight is 262 g/mol. The molecule has 2 rings (SSSR count). The van der Waals surface area contributed by atoms with Crippen LogP contribution in [-0.4, -0.2) is 15.1 Å². The fourth-order valence-corrected chi connectivity index (χ4v) is 1.53. The zero-order chi connectivity index (χ0) is 13.1. The smallest absolute Gasteiger partial charge is 0.283 e. The lowest BCUT2D eigenvalue weighted by Crippen LogP contribution is -2.06. The third-order valence-corrected chi connectivity index (χ3v) is 2.48. The topological polar surface area (TPSA) is 93.6 Å². The molecule has 1 heterocycles. The van der Waals surface area contributed by atoms with Crippen molar-refractivity contribution in [1.82, 2.24) is 9.97 Å². The first-order chi connectivity index (χ1) is 8.58. The fraction of sp³-hybridized carbons (Fsp3) is 0.0909. The Bertz CT molecular complexity index is 717. The Balaban J connectivity index is 2.45. The van der Waals surface area contributed by atoms with E-state index >= 15 is 0 Å². The normalized spacial score (nSPS) is 10.9. The Hall–Kier alpha value is -2.28. The zero-order valence-corrected chi connectivity index (χ0v) is 10.3. The summed E-state index contributed by atoms with van der Waals surface area (Å²) in [7, 11) is 0. The summed E-state index contributed by atoms with van der Waals surface area (Å²) in [6.07, 6.45) is 0. The molecule has 0 aliphatic carbocycles. The maximum atomic E-state index is 11.5. The number of azo groups is 1. The van der Waals surface area contributed by atoms with Crippen LogP contribution in [0, 0.1) is 11.7 Å². The van der Waals surface area contributed by atoms with Crippen LogP contribution in [0.2, 0.25) is 0 Å². The van der Waals surface area contributed by atoms with Gasteiger partial charge < -0.3 is 10.1 Å². The molecule has 0 aliphatic rings. The van der Waals surface area contributed by atoms with Gasteiger partial charge in [-0.05, 0) is 30.8 Å². The van der Waals surface area contributed by atoms with Crippen molar-refractivity contribution in [3.8, 4) is 5.88 Å². The maximum absolute atomic E-state index is 11.5. The van der Waals surface area contributed by atoms with Crippen LogP contribution in [0.3, 0.4) is 0 Å². The van der Waals surface area contributed by atoms with Gasteiger partial charge in [0.1, 0.15) is 0 Å². The molecule has 6 nitrogen and oxygen atoms in total. The Morgan fingerprint density at radius 1 is 1.22 bits per heavy atom. The number of aromatic nitrogens is 2. The quantitative estimate of drug-likeness (QED) is 0.573. The van der Waals surface area contributed by atoms with E-state index in [1.165, 1.54) is 0 Å². The second-order valence-corrected chi connectivity index (χ2v) is 4.00. The number of hydrogen-bond acceptors (Lipinski definition) is 5. The number of aryl methyl sites for hydroxylation is 1. The van der Waals surface area contributed by atoms with Crippen LogP contribution in [0.1, 0.15) is 5.56 Å². The van der Waals surface area contributed by atoms with Crippen LogP contribution in [-0.2, 0) is 0 Å². The SMILES string of the molecule is Cc1ccccc1N=Nc1c(O)[nH]c(=S)[nH]c1=O. The number of benzene rings is 1. The molecule has 7 heteroatoms. The Kier molecular flexibility index (Phi) is 3.33. The molecule has 0 radical (unpaired) electrons. The Labute approximate surface area is 107 Å². The van der Waals surface area contributed by atoms with Crippen LogP contribution >= 0.6 is 12.2 Å². The highest BCUT2D eigenvalue weighted by Crippen LogP contribution is 2.23. The lowest BCUT2D eigenvalue weighted by atomic mass is 10.2. The van der Waals surface area contributed by atoms with E-state index < -0.39 is 11.4 Å². The van der Waals surface area contributed by atoms with Crippen molar-refractivity contribution < 1.29 is 5.11 Å². The van der Waals surface area contributed by atoms with Crippen LogP contribution < -0.4 is 5.56 Å². The van der Waals surface area contributed by atoms with Crippen molar-refractivity contribution in [3.63, 3.8) is 0 Å². The predicted molar refractivity (Wildman–Crippen MR) is 69.3 cm³/mol. The highest BCUT2D eigenvalue weighted by Gasteiger charge is 2.06. The first kappa shape index (κ1) is 12.2. The van der Waals surface area contributed by atoms with Crippen LogP contribution in [0.4, 0.5) is 11.4 Å². The number of H-pyrrole nitrogens is 2. The summed E-state index contributed by atoms with van der Waals surface area (Å²) in [6.45, 7) is 1.87. The number of nitrogens with zero attached hydrogens (tertiary/aromatic N) is 2. The molecule has 0 saturated carbocycles. The predicted octanol–water partition coefficient (Wildman–Crippen LogP) is 2.86. The van der Waals surface area contributed by atoms with E-state index in [2.05, 4.69) is 20.2 Å². The summed E-state index contributed by atoms with van der Waals surface area (Å²) in [5.41, 5.74) is 0.750. The molecule has 0 aliphatic heterocycles.